The molecule has 0 unspecified atom stereocenters. The Morgan fingerprint density at radius 2 is 1.26 bits per heavy atom. The van der Waals surface area contributed by atoms with Crippen molar-refractivity contribution in [3.8, 4) is 11.5 Å². The van der Waals surface area contributed by atoms with Crippen molar-refractivity contribution in [2.45, 2.75) is 117 Å². The Balaban J connectivity index is 1.77. The highest BCUT2D eigenvalue weighted by atomic mass is 16.5. The summed E-state index contributed by atoms with van der Waals surface area (Å²) in [7, 11) is 0. The van der Waals surface area contributed by atoms with Gasteiger partial charge in [-0.2, -0.15) is 0 Å². The van der Waals surface area contributed by atoms with Crippen molar-refractivity contribution in [3.05, 3.63) is 36.4 Å². The van der Waals surface area contributed by atoms with Crippen molar-refractivity contribution < 1.29 is 9.47 Å². The minimum Gasteiger partial charge on any atom is -0.490 e. The summed E-state index contributed by atoms with van der Waals surface area (Å²) in [6.07, 6.45) is 25.9. The molecular weight excluding hydrogens is 434 g/mol. The van der Waals surface area contributed by atoms with E-state index < -0.39 is 0 Å². The minimum absolute atomic E-state index is 0.719. The first-order valence-corrected chi connectivity index (χ1v) is 14.3. The summed E-state index contributed by atoms with van der Waals surface area (Å²) in [6, 6.07) is 5.97. The van der Waals surface area contributed by atoms with Gasteiger partial charge in [0.2, 0.25) is 0 Å². The summed E-state index contributed by atoms with van der Waals surface area (Å²) in [4.78, 5) is 11.6. The fraction of sp³-hybridized carbons (Fsp3) is 0.667. The lowest BCUT2D eigenvalue weighted by atomic mass is 10.1. The molecule has 0 saturated heterocycles. The maximum Gasteiger partial charge on any atom is 0.163 e. The monoisotopic (exact) mass is 483 g/mol. The molecule has 0 aliphatic carbocycles. The summed E-state index contributed by atoms with van der Waals surface area (Å²) in [5, 5.41) is 0. The number of aliphatic imine (C=N–C) groups is 1. The van der Waals surface area contributed by atoms with Crippen molar-refractivity contribution in [1.29, 1.82) is 0 Å². The van der Waals surface area contributed by atoms with Gasteiger partial charge in [-0.25, -0.2) is 4.98 Å². The van der Waals surface area contributed by atoms with Crippen LogP contribution in [0, 0.1) is 0 Å². The number of aromatic amines is 1. The zero-order valence-corrected chi connectivity index (χ0v) is 22.4. The van der Waals surface area contributed by atoms with Crippen LogP contribution < -0.4 is 9.47 Å². The van der Waals surface area contributed by atoms with Gasteiger partial charge < -0.3 is 14.5 Å². The highest BCUT2D eigenvalue weighted by Crippen LogP contribution is 2.32. The third-order valence-electron chi connectivity index (χ3n) is 6.31. The Morgan fingerprint density at radius 1 is 0.714 bits per heavy atom. The van der Waals surface area contributed by atoms with E-state index >= 15 is 0 Å². The van der Waals surface area contributed by atoms with Crippen LogP contribution in [0.3, 0.4) is 0 Å². The van der Waals surface area contributed by atoms with Gasteiger partial charge in [-0.3, -0.25) is 4.99 Å². The molecule has 196 valence electrons. The number of rotatable bonds is 22. The Kier molecular flexibility index (Phi) is 16.5. The molecule has 1 N–H and O–H groups in total. The number of aromatic nitrogens is 2. The van der Waals surface area contributed by atoms with Gasteiger partial charge in [0.15, 0.2) is 11.5 Å². The van der Waals surface area contributed by atoms with Crippen LogP contribution >= 0.6 is 0 Å². The molecule has 0 fully saturated rings. The van der Waals surface area contributed by atoms with Crippen LogP contribution in [0.1, 0.15) is 122 Å². The molecule has 0 aliphatic rings. The summed E-state index contributed by atoms with van der Waals surface area (Å²) in [6.45, 7) is 5.99. The van der Waals surface area contributed by atoms with Gasteiger partial charge >= 0.3 is 0 Å². The van der Waals surface area contributed by atoms with Crippen LogP contribution in [-0.2, 0) is 0 Å². The van der Waals surface area contributed by atoms with Gasteiger partial charge in [-0.1, -0.05) is 104 Å². The first-order chi connectivity index (χ1) is 17.3. The van der Waals surface area contributed by atoms with E-state index in [2.05, 4.69) is 28.8 Å². The zero-order valence-electron chi connectivity index (χ0n) is 22.4. The molecular formula is C30H49N3O2. The molecule has 0 bridgehead atoms. The molecule has 0 saturated carbocycles. The summed E-state index contributed by atoms with van der Waals surface area (Å²) in [5.74, 6) is 1.62. The lowest BCUT2D eigenvalue weighted by molar-refractivity contribution is 0.258. The van der Waals surface area contributed by atoms with Gasteiger partial charge in [0, 0.05) is 6.07 Å². The largest absolute Gasteiger partial charge is 0.490 e. The molecule has 5 heteroatoms. The second kappa shape index (κ2) is 19.9. The number of imidazole rings is 1. The minimum atomic E-state index is 0.719. The number of unbranched alkanes of at least 4 members (excludes halogenated alkanes) is 14. The number of benzene rings is 1. The molecule has 2 aromatic rings. The molecule has 0 spiro atoms. The average Bonchev–Trinajstić information content (AvgIpc) is 3.40. The summed E-state index contributed by atoms with van der Waals surface area (Å²) in [5.41, 5.74) is 1.73. The maximum absolute atomic E-state index is 6.17. The van der Waals surface area contributed by atoms with Gasteiger partial charge in [0.1, 0.15) is 0 Å². The molecule has 5 nitrogen and oxygen atoms in total. The van der Waals surface area contributed by atoms with E-state index in [-0.39, 0.29) is 0 Å². The summed E-state index contributed by atoms with van der Waals surface area (Å²) < 4.78 is 12.3. The number of H-pyrrole nitrogens is 1. The first-order valence-electron chi connectivity index (χ1n) is 14.3. The second-order valence-electron chi connectivity index (χ2n) is 9.54. The standard InChI is InChI=1S/C30H49N3O2/c1-3-5-7-9-11-13-15-17-21-34-29-20-19-27(32-25-28-24-31-26-33-28)23-30(29)35-22-18-16-14-12-10-8-6-4-2/h19-20,23-26H,3-18,21-22H2,1-2H3,(H,31,33). The number of hydrogen-bond acceptors (Lipinski definition) is 4. The van der Waals surface area contributed by atoms with E-state index in [4.69, 9.17) is 9.47 Å². The number of nitrogens with one attached hydrogen (secondary N) is 1. The second-order valence-corrected chi connectivity index (χ2v) is 9.54. The molecule has 2 rings (SSSR count). The highest BCUT2D eigenvalue weighted by molar-refractivity contribution is 5.79. The van der Waals surface area contributed by atoms with E-state index in [1.165, 1.54) is 89.9 Å². The number of ether oxygens (including phenoxy) is 2. The normalized spacial score (nSPS) is 11.4. The predicted molar refractivity (Wildman–Crippen MR) is 148 cm³/mol. The lowest BCUT2D eigenvalue weighted by Crippen LogP contribution is -2.02. The van der Waals surface area contributed by atoms with Crippen LogP contribution in [0.5, 0.6) is 11.5 Å². The van der Waals surface area contributed by atoms with Crippen molar-refractivity contribution >= 4 is 11.9 Å². The van der Waals surface area contributed by atoms with E-state index in [1.807, 2.05) is 18.2 Å². The molecule has 0 radical (unpaired) electrons. The van der Waals surface area contributed by atoms with Crippen molar-refractivity contribution in [2.24, 2.45) is 4.99 Å². The zero-order chi connectivity index (χ0) is 24.8. The van der Waals surface area contributed by atoms with E-state index in [1.54, 1.807) is 18.7 Å². The predicted octanol–water partition coefficient (Wildman–Crippen LogP) is 9.20. The third kappa shape index (κ3) is 14.0. The van der Waals surface area contributed by atoms with Gasteiger partial charge in [0.05, 0.1) is 43.3 Å². The Hall–Kier alpha value is -2.30. The van der Waals surface area contributed by atoms with E-state index in [9.17, 15) is 0 Å². The van der Waals surface area contributed by atoms with Crippen LogP contribution in [0.2, 0.25) is 0 Å². The van der Waals surface area contributed by atoms with Crippen LogP contribution in [-0.4, -0.2) is 29.4 Å². The van der Waals surface area contributed by atoms with Crippen molar-refractivity contribution in [3.63, 3.8) is 0 Å². The van der Waals surface area contributed by atoms with Crippen molar-refractivity contribution in [2.75, 3.05) is 13.2 Å². The SMILES string of the molecule is CCCCCCCCCCOc1ccc(N=Cc2cnc[nH]2)cc1OCCCCCCCCCC. The fourth-order valence-electron chi connectivity index (χ4n) is 4.13. The Bertz CT molecular complexity index is 774. The smallest absolute Gasteiger partial charge is 0.163 e. The Morgan fingerprint density at radius 3 is 1.80 bits per heavy atom. The van der Waals surface area contributed by atoms with E-state index in [0.29, 0.717) is 0 Å². The molecule has 1 aromatic heterocycles. The first kappa shape index (κ1) is 28.9. The lowest BCUT2D eigenvalue weighted by Gasteiger charge is -2.13. The molecule has 1 aromatic carbocycles. The molecule has 0 aliphatic heterocycles. The van der Waals surface area contributed by atoms with Crippen LogP contribution in [0.25, 0.3) is 0 Å². The van der Waals surface area contributed by atoms with Crippen LogP contribution in [0.4, 0.5) is 5.69 Å². The molecule has 0 atom stereocenters. The van der Waals surface area contributed by atoms with E-state index in [0.717, 1.165) is 48.9 Å². The molecule has 35 heavy (non-hydrogen) atoms. The number of hydrogen-bond donors (Lipinski definition) is 1. The van der Waals surface area contributed by atoms with Gasteiger partial charge in [-0.15, -0.1) is 0 Å². The summed E-state index contributed by atoms with van der Waals surface area (Å²) >= 11 is 0. The quantitative estimate of drug-likeness (QED) is 0.134. The van der Waals surface area contributed by atoms with Crippen molar-refractivity contribution in [1.82, 2.24) is 9.97 Å². The topological polar surface area (TPSA) is 59.5 Å². The van der Waals surface area contributed by atoms with Gasteiger partial charge in [0.25, 0.3) is 0 Å². The highest BCUT2D eigenvalue weighted by Gasteiger charge is 2.07. The third-order valence-corrected chi connectivity index (χ3v) is 6.31. The fourth-order valence-corrected chi connectivity index (χ4v) is 4.13. The average molecular weight is 484 g/mol. The Labute approximate surface area is 214 Å². The molecule has 1 heterocycles. The van der Waals surface area contributed by atoms with Crippen LogP contribution in [0.15, 0.2) is 35.7 Å². The molecule has 0 amide bonds. The van der Waals surface area contributed by atoms with Gasteiger partial charge in [-0.05, 0) is 25.0 Å². The maximum atomic E-state index is 6.17. The number of nitrogens with zero attached hydrogens (tertiary/aromatic N) is 2.